The van der Waals surface area contributed by atoms with E-state index in [-0.39, 0.29) is 5.54 Å². The summed E-state index contributed by atoms with van der Waals surface area (Å²) in [7, 11) is 1.94. The Hall–Kier alpha value is -1.35. The van der Waals surface area contributed by atoms with Gasteiger partial charge in [-0.2, -0.15) is 0 Å². The maximum Gasteiger partial charge on any atom is 0.127 e. The van der Waals surface area contributed by atoms with Gasteiger partial charge in [0.25, 0.3) is 0 Å². The van der Waals surface area contributed by atoms with E-state index in [9.17, 15) is 0 Å². The van der Waals surface area contributed by atoms with Crippen molar-refractivity contribution in [1.29, 1.82) is 0 Å². The van der Waals surface area contributed by atoms with Crippen LogP contribution in [0, 0.1) is 0 Å². The molecule has 0 unspecified atom stereocenters. The molecule has 3 heteroatoms. The lowest BCUT2D eigenvalue weighted by Crippen LogP contribution is -2.34. The Balaban J connectivity index is 2.55. The number of benzene rings is 1. The van der Waals surface area contributed by atoms with Crippen LogP contribution in [0.15, 0.2) is 24.3 Å². The van der Waals surface area contributed by atoms with Gasteiger partial charge in [-0.3, -0.25) is 0 Å². The molecule has 1 aromatic heterocycles. The summed E-state index contributed by atoms with van der Waals surface area (Å²) in [5.41, 5.74) is 2.00. The predicted molar refractivity (Wildman–Crippen MR) is 58.2 cm³/mol. The molecule has 3 nitrogen and oxygen atoms in total. The Morgan fingerprint density at radius 1 is 1.29 bits per heavy atom. The average Bonchev–Trinajstić information content (AvgIpc) is 2.61. The molecule has 0 radical (unpaired) electrons. The number of aromatic nitrogens is 2. The zero-order valence-corrected chi connectivity index (χ0v) is 8.76. The molecule has 0 aliphatic heterocycles. The first-order valence-electron chi connectivity index (χ1n) is 4.77. The highest BCUT2D eigenvalue weighted by Crippen LogP contribution is 2.19. The summed E-state index contributed by atoms with van der Waals surface area (Å²) in [4.78, 5) is 7.85. The van der Waals surface area contributed by atoms with Crippen LogP contribution in [-0.4, -0.2) is 17.0 Å². The first-order chi connectivity index (χ1) is 6.63. The minimum absolute atomic E-state index is 0.112. The van der Waals surface area contributed by atoms with Crippen molar-refractivity contribution in [3.05, 3.63) is 30.1 Å². The number of imidazole rings is 1. The van der Waals surface area contributed by atoms with Crippen LogP contribution < -0.4 is 5.32 Å². The third-order valence-electron chi connectivity index (χ3n) is 2.61. The normalized spacial score (nSPS) is 12.2. The number of nitrogens with one attached hydrogen (secondary N) is 2. The van der Waals surface area contributed by atoms with Gasteiger partial charge >= 0.3 is 0 Å². The fourth-order valence-electron chi connectivity index (χ4n) is 1.37. The zero-order valence-electron chi connectivity index (χ0n) is 8.76. The Kier molecular flexibility index (Phi) is 2.04. The number of hydrogen-bond donors (Lipinski definition) is 2. The third-order valence-corrected chi connectivity index (χ3v) is 2.61. The topological polar surface area (TPSA) is 40.7 Å². The van der Waals surface area contributed by atoms with E-state index in [0.29, 0.717) is 0 Å². The molecule has 1 heterocycles. The smallest absolute Gasteiger partial charge is 0.127 e. The fourth-order valence-corrected chi connectivity index (χ4v) is 1.37. The molecule has 2 N–H and O–H groups in total. The Morgan fingerprint density at radius 2 is 2.00 bits per heavy atom. The molecular weight excluding hydrogens is 174 g/mol. The first kappa shape index (κ1) is 9.21. The highest BCUT2D eigenvalue weighted by Gasteiger charge is 2.21. The molecule has 74 valence electrons. The standard InChI is InChI=1S/C11H15N3/c1-11(2,12-3)10-13-8-6-4-5-7-9(8)14-10/h4-7,12H,1-3H3,(H,13,14). The Labute approximate surface area is 83.6 Å². The summed E-state index contributed by atoms with van der Waals surface area (Å²) in [6, 6.07) is 8.06. The average molecular weight is 189 g/mol. The van der Waals surface area contributed by atoms with Crippen LogP contribution in [-0.2, 0) is 5.54 Å². The summed E-state index contributed by atoms with van der Waals surface area (Å²) < 4.78 is 0. The van der Waals surface area contributed by atoms with E-state index in [2.05, 4.69) is 29.1 Å². The second kappa shape index (κ2) is 3.10. The molecule has 14 heavy (non-hydrogen) atoms. The molecule has 0 saturated heterocycles. The molecule has 0 fully saturated rings. The van der Waals surface area contributed by atoms with Gasteiger partial charge in [-0.05, 0) is 33.0 Å². The van der Waals surface area contributed by atoms with E-state index in [1.54, 1.807) is 0 Å². The molecule has 0 spiro atoms. The largest absolute Gasteiger partial charge is 0.340 e. The van der Waals surface area contributed by atoms with Crippen LogP contribution >= 0.6 is 0 Å². The summed E-state index contributed by atoms with van der Waals surface area (Å²) in [5.74, 6) is 0.973. The van der Waals surface area contributed by atoms with Crippen molar-refractivity contribution in [3.63, 3.8) is 0 Å². The quantitative estimate of drug-likeness (QED) is 0.758. The van der Waals surface area contributed by atoms with Crippen LogP contribution in [0.25, 0.3) is 11.0 Å². The van der Waals surface area contributed by atoms with Gasteiger partial charge in [-0.25, -0.2) is 4.98 Å². The van der Waals surface area contributed by atoms with E-state index in [4.69, 9.17) is 0 Å². The van der Waals surface area contributed by atoms with E-state index in [1.807, 2.05) is 31.3 Å². The van der Waals surface area contributed by atoms with Crippen molar-refractivity contribution in [1.82, 2.24) is 15.3 Å². The third kappa shape index (κ3) is 1.40. The molecule has 0 aliphatic rings. The van der Waals surface area contributed by atoms with Gasteiger partial charge in [-0.15, -0.1) is 0 Å². The van der Waals surface area contributed by atoms with Gasteiger partial charge in [0.15, 0.2) is 0 Å². The van der Waals surface area contributed by atoms with Crippen LogP contribution in [0.4, 0.5) is 0 Å². The van der Waals surface area contributed by atoms with Crippen LogP contribution in [0.5, 0.6) is 0 Å². The molecule has 0 aliphatic carbocycles. The minimum atomic E-state index is -0.112. The highest BCUT2D eigenvalue weighted by molar-refractivity contribution is 5.74. The number of hydrogen-bond acceptors (Lipinski definition) is 2. The fraction of sp³-hybridized carbons (Fsp3) is 0.364. The lowest BCUT2D eigenvalue weighted by molar-refractivity contribution is 0.422. The number of nitrogens with zero attached hydrogens (tertiary/aromatic N) is 1. The zero-order chi connectivity index (χ0) is 10.2. The van der Waals surface area contributed by atoms with Gasteiger partial charge in [-0.1, -0.05) is 12.1 Å². The maximum absolute atomic E-state index is 4.54. The minimum Gasteiger partial charge on any atom is -0.340 e. The molecule has 2 rings (SSSR count). The van der Waals surface area contributed by atoms with Crippen LogP contribution in [0.2, 0.25) is 0 Å². The van der Waals surface area contributed by atoms with Crippen LogP contribution in [0.1, 0.15) is 19.7 Å². The summed E-state index contributed by atoms with van der Waals surface area (Å²) in [5, 5.41) is 3.22. The molecule has 0 saturated carbocycles. The Bertz CT molecular complexity index is 409. The van der Waals surface area contributed by atoms with Gasteiger partial charge in [0, 0.05) is 0 Å². The number of H-pyrrole nitrogens is 1. The SMILES string of the molecule is CNC(C)(C)c1nc2ccccc2[nH]1. The van der Waals surface area contributed by atoms with Crippen molar-refractivity contribution in [2.24, 2.45) is 0 Å². The Morgan fingerprint density at radius 3 is 2.64 bits per heavy atom. The van der Waals surface area contributed by atoms with Crippen molar-refractivity contribution in [2.75, 3.05) is 7.05 Å². The number of rotatable bonds is 2. The molecule has 0 amide bonds. The van der Waals surface area contributed by atoms with Crippen molar-refractivity contribution >= 4 is 11.0 Å². The van der Waals surface area contributed by atoms with Crippen molar-refractivity contribution in [3.8, 4) is 0 Å². The molecule has 0 bridgehead atoms. The molecular formula is C11H15N3. The molecule has 2 aromatic rings. The monoisotopic (exact) mass is 189 g/mol. The lowest BCUT2D eigenvalue weighted by Gasteiger charge is -2.20. The van der Waals surface area contributed by atoms with Gasteiger partial charge in [0.1, 0.15) is 5.82 Å². The maximum atomic E-state index is 4.54. The summed E-state index contributed by atoms with van der Waals surface area (Å²) in [6.07, 6.45) is 0. The van der Waals surface area contributed by atoms with E-state index >= 15 is 0 Å². The second-order valence-corrected chi connectivity index (χ2v) is 3.98. The summed E-state index contributed by atoms with van der Waals surface area (Å²) >= 11 is 0. The summed E-state index contributed by atoms with van der Waals surface area (Å²) in [6.45, 7) is 4.20. The van der Waals surface area contributed by atoms with E-state index in [1.165, 1.54) is 0 Å². The molecule has 1 aromatic carbocycles. The van der Waals surface area contributed by atoms with E-state index < -0.39 is 0 Å². The lowest BCUT2D eigenvalue weighted by atomic mass is 10.1. The van der Waals surface area contributed by atoms with Gasteiger partial charge in [0.05, 0.1) is 16.6 Å². The van der Waals surface area contributed by atoms with Gasteiger partial charge in [0.2, 0.25) is 0 Å². The number of fused-ring (bicyclic) bond motifs is 1. The number of para-hydroxylation sites is 2. The first-order valence-corrected chi connectivity index (χ1v) is 4.77. The van der Waals surface area contributed by atoms with Crippen molar-refractivity contribution in [2.45, 2.75) is 19.4 Å². The van der Waals surface area contributed by atoms with Crippen molar-refractivity contribution < 1.29 is 0 Å². The van der Waals surface area contributed by atoms with E-state index in [0.717, 1.165) is 16.9 Å². The predicted octanol–water partition coefficient (Wildman–Crippen LogP) is 2.02. The second-order valence-electron chi connectivity index (χ2n) is 3.98. The highest BCUT2D eigenvalue weighted by atomic mass is 15.0. The number of aromatic amines is 1. The van der Waals surface area contributed by atoms with Gasteiger partial charge < -0.3 is 10.3 Å². The van der Waals surface area contributed by atoms with Crippen LogP contribution in [0.3, 0.4) is 0 Å². The molecule has 0 atom stereocenters.